The highest BCUT2D eigenvalue weighted by Crippen LogP contribution is 2.25. The zero-order valence-corrected chi connectivity index (χ0v) is 17.9. The molecule has 2 heterocycles. The summed E-state index contributed by atoms with van der Waals surface area (Å²) in [5.74, 6) is -0.521. The van der Waals surface area contributed by atoms with Crippen LogP contribution in [-0.4, -0.2) is 26.2 Å². The van der Waals surface area contributed by atoms with E-state index in [-0.39, 0.29) is 23.0 Å². The summed E-state index contributed by atoms with van der Waals surface area (Å²) in [5.41, 5.74) is 1.84. The standard InChI is InChI=1S/C22H17FN4O2S2/c1-2-11-27-20(29)16-5-3-4-6-17(16)25-22(27)31-13-19(28)26-21-24-18(12-30-21)14-7-9-15(23)10-8-14/h2-10,12H,1,11,13H2,(H,24,26,28). The van der Waals surface area contributed by atoms with Crippen LogP contribution in [0, 0.1) is 5.82 Å². The lowest BCUT2D eigenvalue weighted by molar-refractivity contribution is -0.113. The minimum absolute atomic E-state index is 0.0629. The van der Waals surface area contributed by atoms with Crippen molar-refractivity contribution in [1.29, 1.82) is 0 Å². The van der Waals surface area contributed by atoms with E-state index < -0.39 is 0 Å². The lowest BCUT2D eigenvalue weighted by Gasteiger charge is -2.11. The van der Waals surface area contributed by atoms with Gasteiger partial charge < -0.3 is 5.32 Å². The van der Waals surface area contributed by atoms with Crippen LogP contribution in [0.5, 0.6) is 0 Å². The Hall–Kier alpha value is -3.30. The van der Waals surface area contributed by atoms with Gasteiger partial charge in [0.15, 0.2) is 10.3 Å². The van der Waals surface area contributed by atoms with Crippen LogP contribution >= 0.6 is 23.1 Å². The third-order valence-electron chi connectivity index (χ3n) is 4.36. The molecule has 0 aliphatic carbocycles. The first kappa shape index (κ1) is 21.0. The largest absolute Gasteiger partial charge is 0.301 e. The maximum Gasteiger partial charge on any atom is 0.262 e. The molecule has 31 heavy (non-hydrogen) atoms. The van der Waals surface area contributed by atoms with Gasteiger partial charge in [0.2, 0.25) is 5.91 Å². The van der Waals surface area contributed by atoms with E-state index in [0.717, 1.165) is 5.56 Å². The number of allylic oxidation sites excluding steroid dienone is 1. The van der Waals surface area contributed by atoms with Gasteiger partial charge in [0.25, 0.3) is 5.56 Å². The third-order valence-corrected chi connectivity index (χ3v) is 6.10. The van der Waals surface area contributed by atoms with Crippen molar-refractivity contribution in [3.05, 3.63) is 82.7 Å². The monoisotopic (exact) mass is 452 g/mol. The van der Waals surface area contributed by atoms with Crippen LogP contribution in [0.15, 0.2) is 76.5 Å². The summed E-state index contributed by atoms with van der Waals surface area (Å²) in [5, 5.41) is 5.97. The van der Waals surface area contributed by atoms with E-state index in [1.165, 1.54) is 39.8 Å². The molecule has 0 spiro atoms. The molecular weight excluding hydrogens is 435 g/mol. The predicted octanol–water partition coefficient (Wildman–Crippen LogP) is 4.58. The quantitative estimate of drug-likeness (QED) is 0.252. The number of nitrogens with zero attached hydrogens (tertiary/aromatic N) is 3. The molecule has 0 radical (unpaired) electrons. The number of thioether (sulfide) groups is 1. The summed E-state index contributed by atoms with van der Waals surface area (Å²) in [6, 6.07) is 13.1. The Kier molecular flexibility index (Phi) is 6.24. The average molecular weight is 453 g/mol. The summed E-state index contributed by atoms with van der Waals surface area (Å²) in [6.07, 6.45) is 1.62. The van der Waals surface area contributed by atoms with Crippen LogP contribution in [0.1, 0.15) is 0 Å². The molecule has 2 aromatic heterocycles. The van der Waals surface area contributed by atoms with Gasteiger partial charge in [-0.05, 0) is 36.4 Å². The fourth-order valence-electron chi connectivity index (χ4n) is 2.92. The van der Waals surface area contributed by atoms with E-state index in [2.05, 4.69) is 21.9 Å². The normalized spacial score (nSPS) is 10.9. The molecule has 0 unspecified atom stereocenters. The molecule has 0 saturated carbocycles. The first-order chi connectivity index (χ1) is 15.0. The lowest BCUT2D eigenvalue weighted by Crippen LogP contribution is -2.23. The highest BCUT2D eigenvalue weighted by molar-refractivity contribution is 7.99. The van der Waals surface area contributed by atoms with Gasteiger partial charge >= 0.3 is 0 Å². The predicted molar refractivity (Wildman–Crippen MR) is 123 cm³/mol. The van der Waals surface area contributed by atoms with Crippen LogP contribution in [0.4, 0.5) is 9.52 Å². The maximum absolute atomic E-state index is 13.1. The number of para-hydroxylation sites is 1. The van der Waals surface area contributed by atoms with Crippen molar-refractivity contribution in [1.82, 2.24) is 14.5 Å². The van der Waals surface area contributed by atoms with Crippen molar-refractivity contribution in [2.75, 3.05) is 11.1 Å². The Bertz CT molecular complexity index is 1320. The molecule has 0 saturated heterocycles. The SMILES string of the molecule is C=CCn1c(SCC(=O)Nc2nc(-c3ccc(F)cc3)cs2)nc2ccccc2c1=O. The Labute approximate surface area is 185 Å². The van der Waals surface area contributed by atoms with Gasteiger partial charge in [-0.1, -0.05) is 30.0 Å². The van der Waals surface area contributed by atoms with Crippen molar-refractivity contribution in [2.24, 2.45) is 0 Å². The number of rotatable bonds is 7. The number of anilines is 1. The zero-order chi connectivity index (χ0) is 21.8. The van der Waals surface area contributed by atoms with Crippen LogP contribution in [0.2, 0.25) is 0 Å². The van der Waals surface area contributed by atoms with Crippen LogP contribution in [-0.2, 0) is 11.3 Å². The third kappa shape index (κ3) is 4.73. The van der Waals surface area contributed by atoms with Gasteiger partial charge in [0.05, 0.1) is 22.3 Å². The minimum atomic E-state index is -0.318. The summed E-state index contributed by atoms with van der Waals surface area (Å²) >= 11 is 2.46. The van der Waals surface area contributed by atoms with Gasteiger partial charge in [0, 0.05) is 17.5 Å². The number of hydrogen-bond acceptors (Lipinski definition) is 6. The molecular formula is C22H17FN4O2S2. The Morgan fingerprint density at radius 3 is 2.74 bits per heavy atom. The zero-order valence-electron chi connectivity index (χ0n) is 16.2. The van der Waals surface area contributed by atoms with Gasteiger partial charge in [-0.15, -0.1) is 17.9 Å². The lowest BCUT2D eigenvalue weighted by atomic mass is 10.2. The average Bonchev–Trinajstić information content (AvgIpc) is 3.23. The van der Waals surface area contributed by atoms with Crippen molar-refractivity contribution < 1.29 is 9.18 Å². The van der Waals surface area contributed by atoms with Gasteiger partial charge in [-0.3, -0.25) is 14.2 Å². The van der Waals surface area contributed by atoms with Crippen molar-refractivity contribution in [3.63, 3.8) is 0 Å². The van der Waals surface area contributed by atoms with Crippen molar-refractivity contribution in [3.8, 4) is 11.3 Å². The molecule has 156 valence electrons. The number of amides is 1. The molecule has 0 aliphatic rings. The van der Waals surface area contributed by atoms with E-state index in [1.807, 2.05) is 6.07 Å². The molecule has 0 fully saturated rings. The molecule has 0 aliphatic heterocycles. The van der Waals surface area contributed by atoms with Crippen LogP contribution < -0.4 is 10.9 Å². The Morgan fingerprint density at radius 1 is 1.19 bits per heavy atom. The van der Waals surface area contributed by atoms with Gasteiger partial charge in [0.1, 0.15) is 5.82 Å². The number of fused-ring (bicyclic) bond motifs is 1. The highest BCUT2D eigenvalue weighted by atomic mass is 32.2. The molecule has 9 heteroatoms. The minimum Gasteiger partial charge on any atom is -0.301 e. The maximum atomic E-state index is 13.1. The number of nitrogens with one attached hydrogen (secondary N) is 1. The molecule has 0 bridgehead atoms. The molecule has 4 aromatic rings. The van der Waals surface area contributed by atoms with Crippen molar-refractivity contribution in [2.45, 2.75) is 11.7 Å². The number of aromatic nitrogens is 3. The molecule has 6 nitrogen and oxygen atoms in total. The van der Waals surface area contributed by atoms with Crippen molar-refractivity contribution >= 4 is 45.0 Å². The van der Waals surface area contributed by atoms with E-state index >= 15 is 0 Å². The first-order valence-corrected chi connectivity index (χ1v) is 11.2. The fourth-order valence-corrected chi connectivity index (χ4v) is 4.46. The van der Waals surface area contributed by atoms with Crippen LogP contribution in [0.3, 0.4) is 0 Å². The number of benzene rings is 2. The topological polar surface area (TPSA) is 76.9 Å². The fraction of sp³-hybridized carbons (Fsp3) is 0.0909. The van der Waals surface area contributed by atoms with E-state index in [9.17, 15) is 14.0 Å². The molecule has 1 N–H and O–H groups in total. The molecule has 0 atom stereocenters. The highest BCUT2D eigenvalue weighted by Gasteiger charge is 2.14. The Balaban J connectivity index is 1.47. The summed E-state index contributed by atoms with van der Waals surface area (Å²) in [4.78, 5) is 34.1. The van der Waals surface area contributed by atoms with E-state index in [4.69, 9.17) is 0 Å². The molecule has 2 aromatic carbocycles. The number of thiazole rings is 1. The second-order valence-electron chi connectivity index (χ2n) is 6.50. The van der Waals surface area contributed by atoms with E-state index in [0.29, 0.717) is 33.4 Å². The summed E-state index contributed by atoms with van der Waals surface area (Å²) in [6.45, 7) is 4.00. The number of carbonyl (C=O) groups excluding carboxylic acids is 1. The number of hydrogen-bond donors (Lipinski definition) is 1. The Morgan fingerprint density at radius 2 is 1.97 bits per heavy atom. The second kappa shape index (κ2) is 9.23. The van der Waals surface area contributed by atoms with Gasteiger partial charge in [-0.25, -0.2) is 14.4 Å². The van der Waals surface area contributed by atoms with Crippen LogP contribution in [0.25, 0.3) is 22.2 Å². The molecule has 1 amide bonds. The summed E-state index contributed by atoms with van der Waals surface area (Å²) in [7, 11) is 0. The first-order valence-electron chi connectivity index (χ1n) is 9.30. The summed E-state index contributed by atoms with van der Waals surface area (Å²) < 4.78 is 14.6. The van der Waals surface area contributed by atoms with E-state index in [1.54, 1.807) is 41.8 Å². The molecule has 4 rings (SSSR count). The second-order valence-corrected chi connectivity index (χ2v) is 8.30. The number of carbonyl (C=O) groups is 1. The number of halogens is 1. The van der Waals surface area contributed by atoms with Gasteiger partial charge in [-0.2, -0.15) is 0 Å². The smallest absolute Gasteiger partial charge is 0.262 e.